The van der Waals surface area contributed by atoms with Crippen molar-refractivity contribution in [2.45, 2.75) is 25.9 Å². The average molecular weight is 226 g/mol. The molecule has 0 aliphatic carbocycles. The Morgan fingerprint density at radius 1 is 1.56 bits per heavy atom. The van der Waals surface area contributed by atoms with Crippen molar-refractivity contribution in [1.82, 2.24) is 14.7 Å². The molecule has 0 bridgehead atoms. The van der Waals surface area contributed by atoms with Gasteiger partial charge in [-0.25, -0.2) is 0 Å². The summed E-state index contributed by atoms with van der Waals surface area (Å²) < 4.78 is 7.18. The molecular formula is C11H22N4O. The quantitative estimate of drug-likeness (QED) is 0.781. The standard InChI is InChI=1S/C11H22N4O/c1-5-15-11(10(16-4)8-13-15)9(12)6-7-14(2)3/h8-9H,5-7,12H2,1-4H3. The van der Waals surface area contributed by atoms with Crippen LogP contribution in [0, 0.1) is 0 Å². The molecule has 0 fully saturated rings. The fourth-order valence-corrected chi connectivity index (χ4v) is 1.70. The number of rotatable bonds is 6. The van der Waals surface area contributed by atoms with Crippen LogP contribution in [0.4, 0.5) is 0 Å². The summed E-state index contributed by atoms with van der Waals surface area (Å²) in [6, 6.07) is -0.0280. The molecule has 92 valence electrons. The van der Waals surface area contributed by atoms with Crippen LogP contribution in [-0.4, -0.2) is 42.4 Å². The molecule has 0 amide bonds. The SMILES string of the molecule is CCn1ncc(OC)c1C(N)CCN(C)C. The van der Waals surface area contributed by atoms with Gasteiger partial charge in [0.2, 0.25) is 0 Å². The van der Waals surface area contributed by atoms with E-state index in [1.807, 2.05) is 18.8 Å². The maximum Gasteiger partial charge on any atom is 0.161 e. The van der Waals surface area contributed by atoms with Gasteiger partial charge in [0.25, 0.3) is 0 Å². The second kappa shape index (κ2) is 5.86. The third-order valence-electron chi connectivity index (χ3n) is 2.60. The van der Waals surface area contributed by atoms with Gasteiger partial charge in [0, 0.05) is 6.54 Å². The van der Waals surface area contributed by atoms with E-state index in [-0.39, 0.29) is 6.04 Å². The van der Waals surface area contributed by atoms with Crippen molar-refractivity contribution in [1.29, 1.82) is 0 Å². The van der Waals surface area contributed by atoms with Crippen molar-refractivity contribution in [2.75, 3.05) is 27.7 Å². The Labute approximate surface area is 97.2 Å². The zero-order valence-corrected chi connectivity index (χ0v) is 10.6. The molecule has 5 heteroatoms. The van der Waals surface area contributed by atoms with E-state index < -0.39 is 0 Å². The summed E-state index contributed by atoms with van der Waals surface area (Å²) in [5.74, 6) is 0.785. The molecule has 1 atom stereocenters. The van der Waals surface area contributed by atoms with Crippen LogP contribution in [-0.2, 0) is 6.54 Å². The van der Waals surface area contributed by atoms with Gasteiger partial charge < -0.3 is 15.4 Å². The van der Waals surface area contributed by atoms with Gasteiger partial charge in [-0.1, -0.05) is 0 Å². The first kappa shape index (κ1) is 13.0. The molecular weight excluding hydrogens is 204 g/mol. The van der Waals surface area contributed by atoms with E-state index in [4.69, 9.17) is 10.5 Å². The van der Waals surface area contributed by atoms with Gasteiger partial charge in [-0.3, -0.25) is 4.68 Å². The summed E-state index contributed by atoms with van der Waals surface area (Å²) in [7, 11) is 5.74. The molecule has 1 heterocycles. The summed E-state index contributed by atoms with van der Waals surface area (Å²) >= 11 is 0. The van der Waals surface area contributed by atoms with Gasteiger partial charge in [-0.05, 0) is 34.0 Å². The predicted octanol–water partition coefficient (Wildman–Crippen LogP) is 0.863. The lowest BCUT2D eigenvalue weighted by Crippen LogP contribution is -2.22. The number of nitrogens with two attached hydrogens (primary N) is 1. The van der Waals surface area contributed by atoms with E-state index in [2.05, 4.69) is 16.9 Å². The predicted molar refractivity (Wildman–Crippen MR) is 64.6 cm³/mol. The van der Waals surface area contributed by atoms with E-state index in [0.717, 1.165) is 31.0 Å². The summed E-state index contributed by atoms with van der Waals surface area (Å²) in [6.07, 6.45) is 2.63. The number of hydrogen-bond acceptors (Lipinski definition) is 4. The summed E-state index contributed by atoms with van der Waals surface area (Å²) in [5.41, 5.74) is 7.17. The molecule has 0 radical (unpaired) electrons. The number of aryl methyl sites for hydroxylation is 1. The largest absolute Gasteiger partial charge is 0.493 e. The van der Waals surface area contributed by atoms with E-state index in [9.17, 15) is 0 Å². The second-order valence-corrected chi connectivity index (χ2v) is 4.11. The Hall–Kier alpha value is -1.07. The summed E-state index contributed by atoms with van der Waals surface area (Å²) in [4.78, 5) is 2.12. The Morgan fingerprint density at radius 3 is 2.75 bits per heavy atom. The first-order chi connectivity index (χ1) is 7.60. The minimum Gasteiger partial charge on any atom is -0.493 e. The monoisotopic (exact) mass is 226 g/mol. The lowest BCUT2D eigenvalue weighted by atomic mass is 10.1. The minimum absolute atomic E-state index is 0.0280. The van der Waals surface area contributed by atoms with Crippen molar-refractivity contribution >= 4 is 0 Å². The van der Waals surface area contributed by atoms with Crippen molar-refractivity contribution in [2.24, 2.45) is 5.73 Å². The van der Waals surface area contributed by atoms with Crippen LogP contribution in [0.1, 0.15) is 25.1 Å². The van der Waals surface area contributed by atoms with Crippen LogP contribution in [0.25, 0.3) is 0 Å². The van der Waals surface area contributed by atoms with Crippen molar-refractivity contribution < 1.29 is 4.74 Å². The molecule has 2 N–H and O–H groups in total. The molecule has 0 aliphatic heterocycles. The molecule has 0 aliphatic rings. The Kier molecular flexibility index (Phi) is 4.76. The first-order valence-corrected chi connectivity index (χ1v) is 5.60. The Balaban J connectivity index is 2.79. The molecule has 1 unspecified atom stereocenters. The third-order valence-corrected chi connectivity index (χ3v) is 2.60. The fourth-order valence-electron chi connectivity index (χ4n) is 1.70. The highest BCUT2D eigenvalue weighted by Gasteiger charge is 2.17. The van der Waals surface area contributed by atoms with Gasteiger partial charge in [-0.15, -0.1) is 0 Å². The zero-order chi connectivity index (χ0) is 12.1. The van der Waals surface area contributed by atoms with Crippen LogP contribution in [0.2, 0.25) is 0 Å². The normalized spacial score (nSPS) is 13.1. The Bertz CT molecular complexity index is 300. The fraction of sp³-hybridized carbons (Fsp3) is 0.727. The molecule has 0 spiro atoms. The van der Waals surface area contributed by atoms with E-state index in [1.54, 1.807) is 13.3 Å². The summed E-state index contributed by atoms with van der Waals surface area (Å²) in [5, 5.41) is 4.25. The van der Waals surface area contributed by atoms with Crippen molar-refractivity contribution in [3.63, 3.8) is 0 Å². The van der Waals surface area contributed by atoms with Gasteiger partial charge >= 0.3 is 0 Å². The maximum atomic E-state index is 6.17. The van der Waals surface area contributed by atoms with Crippen molar-refractivity contribution in [3.05, 3.63) is 11.9 Å². The van der Waals surface area contributed by atoms with E-state index in [1.165, 1.54) is 0 Å². The molecule has 0 aromatic carbocycles. The van der Waals surface area contributed by atoms with Crippen LogP contribution in [0.5, 0.6) is 5.75 Å². The van der Waals surface area contributed by atoms with Crippen LogP contribution < -0.4 is 10.5 Å². The smallest absolute Gasteiger partial charge is 0.161 e. The first-order valence-electron chi connectivity index (χ1n) is 5.60. The lowest BCUT2D eigenvalue weighted by molar-refractivity contribution is 0.365. The van der Waals surface area contributed by atoms with Gasteiger partial charge in [-0.2, -0.15) is 5.10 Å². The zero-order valence-electron chi connectivity index (χ0n) is 10.6. The number of methoxy groups -OCH3 is 1. The lowest BCUT2D eigenvalue weighted by Gasteiger charge is -2.17. The number of ether oxygens (including phenoxy) is 1. The van der Waals surface area contributed by atoms with Crippen LogP contribution in [0.15, 0.2) is 6.20 Å². The van der Waals surface area contributed by atoms with Gasteiger partial charge in [0.1, 0.15) is 0 Å². The average Bonchev–Trinajstić information content (AvgIpc) is 2.68. The van der Waals surface area contributed by atoms with E-state index in [0.29, 0.717) is 0 Å². The van der Waals surface area contributed by atoms with E-state index >= 15 is 0 Å². The third kappa shape index (κ3) is 2.96. The number of hydrogen-bond donors (Lipinski definition) is 1. The highest BCUT2D eigenvalue weighted by atomic mass is 16.5. The summed E-state index contributed by atoms with van der Waals surface area (Å²) in [6.45, 7) is 3.82. The molecule has 1 aromatic rings. The Morgan fingerprint density at radius 2 is 2.25 bits per heavy atom. The highest BCUT2D eigenvalue weighted by molar-refractivity contribution is 5.28. The molecule has 5 nitrogen and oxygen atoms in total. The molecule has 0 saturated carbocycles. The molecule has 1 aromatic heterocycles. The van der Waals surface area contributed by atoms with Crippen LogP contribution in [0.3, 0.4) is 0 Å². The van der Waals surface area contributed by atoms with Gasteiger partial charge in [0.05, 0.1) is 25.0 Å². The maximum absolute atomic E-state index is 6.17. The van der Waals surface area contributed by atoms with Crippen LogP contribution >= 0.6 is 0 Å². The minimum atomic E-state index is -0.0280. The molecule has 16 heavy (non-hydrogen) atoms. The molecule has 0 saturated heterocycles. The van der Waals surface area contributed by atoms with Crippen molar-refractivity contribution in [3.8, 4) is 5.75 Å². The van der Waals surface area contributed by atoms with Gasteiger partial charge in [0.15, 0.2) is 5.75 Å². The molecule has 1 rings (SSSR count). The highest BCUT2D eigenvalue weighted by Crippen LogP contribution is 2.25. The topological polar surface area (TPSA) is 56.3 Å². The number of aromatic nitrogens is 2. The number of nitrogens with zero attached hydrogens (tertiary/aromatic N) is 3. The second-order valence-electron chi connectivity index (χ2n) is 4.11.